The second kappa shape index (κ2) is 9.20. The summed E-state index contributed by atoms with van der Waals surface area (Å²) in [7, 11) is 0. The highest BCUT2D eigenvalue weighted by Gasteiger charge is 2.20. The van der Waals surface area contributed by atoms with Gasteiger partial charge in [0.05, 0.1) is 6.42 Å². The number of carboxylic acids is 1. The molecule has 122 valence electrons. The molecular formula is C17H26N2O3. The fourth-order valence-corrected chi connectivity index (χ4v) is 2.01. The van der Waals surface area contributed by atoms with Crippen LogP contribution in [-0.2, 0) is 16.0 Å². The van der Waals surface area contributed by atoms with Crippen molar-refractivity contribution in [3.8, 4) is 0 Å². The number of carbonyl (C=O) groups excluding carboxylic acids is 1. The van der Waals surface area contributed by atoms with Crippen LogP contribution in [0.2, 0.25) is 0 Å². The summed E-state index contributed by atoms with van der Waals surface area (Å²) in [5, 5.41) is 14.8. The molecule has 1 unspecified atom stereocenters. The van der Waals surface area contributed by atoms with E-state index in [0.29, 0.717) is 18.2 Å². The Bertz CT molecular complexity index is 483. The molecule has 0 heterocycles. The first-order valence-corrected chi connectivity index (χ1v) is 7.77. The van der Waals surface area contributed by atoms with Crippen molar-refractivity contribution in [2.75, 3.05) is 11.9 Å². The second-order valence-electron chi connectivity index (χ2n) is 5.83. The van der Waals surface area contributed by atoms with E-state index >= 15 is 0 Å². The van der Waals surface area contributed by atoms with Crippen molar-refractivity contribution in [3.05, 3.63) is 29.8 Å². The van der Waals surface area contributed by atoms with Crippen LogP contribution < -0.4 is 10.6 Å². The van der Waals surface area contributed by atoms with E-state index < -0.39 is 12.0 Å². The molecule has 5 nitrogen and oxygen atoms in total. The Hall–Kier alpha value is -1.88. The molecule has 0 aliphatic rings. The number of rotatable bonds is 9. The maximum atomic E-state index is 12.0. The lowest BCUT2D eigenvalue weighted by molar-refractivity contribution is -0.141. The van der Waals surface area contributed by atoms with E-state index in [4.69, 9.17) is 0 Å². The van der Waals surface area contributed by atoms with Crippen LogP contribution in [0.15, 0.2) is 24.3 Å². The van der Waals surface area contributed by atoms with Crippen LogP contribution in [0.5, 0.6) is 0 Å². The van der Waals surface area contributed by atoms with Crippen molar-refractivity contribution < 1.29 is 14.7 Å². The third-order valence-electron chi connectivity index (χ3n) is 3.45. The predicted octanol–water partition coefficient (Wildman–Crippen LogP) is 2.67. The summed E-state index contributed by atoms with van der Waals surface area (Å²) in [6, 6.07) is 6.71. The van der Waals surface area contributed by atoms with Crippen LogP contribution in [0.25, 0.3) is 0 Å². The predicted molar refractivity (Wildman–Crippen MR) is 87.9 cm³/mol. The van der Waals surface area contributed by atoms with Crippen molar-refractivity contribution >= 4 is 17.6 Å². The summed E-state index contributed by atoms with van der Waals surface area (Å²) in [5.74, 6) is -0.804. The van der Waals surface area contributed by atoms with Crippen LogP contribution >= 0.6 is 0 Å². The van der Waals surface area contributed by atoms with Gasteiger partial charge >= 0.3 is 5.97 Å². The molecule has 0 bridgehead atoms. The highest BCUT2D eigenvalue weighted by molar-refractivity contribution is 5.94. The Morgan fingerprint density at radius 2 is 1.82 bits per heavy atom. The van der Waals surface area contributed by atoms with Crippen LogP contribution in [0, 0.1) is 5.92 Å². The Balaban J connectivity index is 2.49. The zero-order chi connectivity index (χ0) is 16.5. The number of carbonyl (C=O) groups is 2. The van der Waals surface area contributed by atoms with E-state index in [9.17, 15) is 14.7 Å². The lowest BCUT2D eigenvalue weighted by Crippen LogP contribution is -2.40. The van der Waals surface area contributed by atoms with E-state index in [1.165, 1.54) is 5.56 Å². The summed E-state index contributed by atoms with van der Waals surface area (Å²) in [4.78, 5) is 23.2. The second-order valence-corrected chi connectivity index (χ2v) is 5.83. The van der Waals surface area contributed by atoms with Crippen LogP contribution in [-0.4, -0.2) is 29.6 Å². The normalized spacial score (nSPS) is 12.2. The van der Waals surface area contributed by atoms with Gasteiger partial charge in [0.2, 0.25) is 5.91 Å². The molecule has 3 N–H and O–H groups in total. The molecule has 0 fully saturated rings. The average molecular weight is 306 g/mol. The Labute approximate surface area is 132 Å². The fraction of sp³-hybridized carbons (Fsp3) is 0.529. The minimum Gasteiger partial charge on any atom is -0.480 e. The van der Waals surface area contributed by atoms with Gasteiger partial charge in [-0.25, -0.2) is 0 Å². The minimum absolute atomic E-state index is 0.0804. The zero-order valence-corrected chi connectivity index (χ0v) is 13.6. The van der Waals surface area contributed by atoms with Gasteiger partial charge in [-0.15, -0.1) is 0 Å². The number of aliphatic carboxylic acids is 1. The number of carboxylic acid groups (broad SMARTS) is 1. The molecule has 1 rings (SSSR count). The van der Waals surface area contributed by atoms with Gasteiger partial charge in [-0.05, 0) is 43.0 Å². The van der Waals surface area contributed by atoms with Gasteiger partial charge in [-0.3, -0.25) is 9.59 Å². The first-order valence-electron chi connectivity index (χ1n) is 7.77. The number of anilines is 1. The first kappa shape index (κ1) is 18.2. The highest BCUT2D eigenvalue weighted by Crippen LogP contribution is 2.10. The summed E-state index contributed by atoms with van der Waals surface area (Å²) in [6.45, 7) is 6.80. The number of nitrogens with one attached hydrogen (secondary N) is 2. The molecule has 0 aromatic heterocycles. The molecule has 0 aliphatic carbocycles. The third kappa shape index (κ3) is 6.72. The summed E-state index contributed by atoms with van der Waals surface area (Å²) in [5.41, 5.74) is 1.88. The average Bonchev–Trinajstić information content (AvgIpc) is 2.46. The molecule has 0 spiro atoms. The van der Waals surface area contributed by atoms with Crippen LogP contribution in [0.1, 0.15) is 39.2 Å². The molecule has 0 aliphatic heterocycles. The van der Waals surface area contributed by atoms with E-state index in [1.54, 1.807) is 0 Å². The Morgan fingerprint density at radius 3 is 2.32 bits per heavy atom. The quantitative estimate of drug-likeness (QED) is 0.655. The largest absolute Gasteiger partial charge is 0.480 e. The number of hydrogen-bond acceptors (Lipinski definition) is 3. The molecule has 1 aromatic carbocycles. The number of hydrogen-bond donors (Lipinski definition) is 3. The monoisotopic (exact) mass is 306 g/mol. The molecular weight excluding hydrogens is 280 g/mol. The lowest BCUT2D eigenvalue weighted by atomic mass is 10.1. The maximum absolute atomic E-state index is 12.0. The standard InChI is InChI=1S/C17H26N2O3/c1-4-13-5-7-14(8-6-13)19-16(20)11-15(17(21)22)18-10-9-12(2)3/h5-8,12,15,18H,4,9-11H2,1-3H3,(H,19,20)(H,21,22). The van der Waals surface area contributed by atoms with E-state index in [0.717, 1.165) is 12.8 Å². The van der Waals surface area contributed by atoms with Crippen molar-refractivity contribution in [3.63, 3.8) is 0 Å². The zero-order valence-electron chi connectivity index (χ0n) is 13.6. The molecule has 0 saturated carbocycles. The van der Waals surface area contributed by atoms with E-state index in [2.05, 4.69) is 31.4 Å². The Kier molecular flexibility index (Phi) is 7.60. The van der Waals surface area contributed by atoms with Gasteiger partial charge in [-0.1, -0.05) is 32.9 Å². The van der Waals surface area contributed by atoms with Crippen LogP contribution in [0.4, 0.5) is 5.69 Å². The molecule has 0 saturated heterocycles. The van der Waals surface area contributed by atoms with Gasteiger partial charge in [0.1, 0.15) is 6.04 Å². The maximum Gasteiger partial charge on any atom is 0.321 e. The third-order valence-corrected chi connectivity index (χ3v) is 3.45. The van der Waals surface area contributed by atoms with Crippen molar-refractivity contribution in [1.82, 2.24) is 5.32 Å². The number of benzene rings is 1. The van der Waals surface area contributed by atoms with Crippen molar-refractivity contribution in [2.24, 2.45) is 5.92 Å². The van der Waals surface area contributed by atoms with E-state index in [1.807, 2.05) is 24.3 Å². The molecule has 0 radical (unpaired) electrons. The fourth-order valence-electron chi connectivity index (χ4n) is 2.01. The number of aryl methyl sites for hydroxylation is 1. The first-order chi connectivity index (χ1) is 10.4. The molecule has 5 heteroatoms. The van der Waals surface area contributed by atoms with Gasteiger partial charge in [0.25, 0.3) is 0 Å². The Morgan fingerprint density at radius 1 is 1.18 bits per heavy atom. The smallest absolute Gasteiger partial charge is 0.321 e. The molecule has 1 atom stereocenters. The van der Waals surface area contributed by atoms with Crippen molar-refractivity contribution in [2.45, 2.75) is 46.1 Å². The SMILES string of the molecule is CCc1ccc(NC(=O)CC(NCCC(C)C)C(=O)O)cc1. The highest BCUT2D eigenvalue weighted by atomic mass is 16.4. The molecule has 22 heavy (non-hydrogen) atoms. The summed E-state index contributed by atoms with van der Waals surface area (Å²) >= 11 is 0. The number of amides is 1. The summed E-state index contributed by atoms with van der Waals surface area (Å²) < 4.78 is 0. The molecule has 1 amide bonds. The minimum atomic E-state index is -1.000. The van der Waals surface area contributed by atoms with Gasteiger partial charge < -0.3 is 15.7 Å². The van der Waals surface area contributed by atoms with Gasteiger partial charge in [0, 0.05) is 5.69 Å². The molecule has 1 aromatic rings. The topological polar surface area (TPSA) is 78.4 Å². The van der Waals surface area contributed by atoms with E-state index in [-0.39, 0.29) is 12.3 Å². The van der Waals surface area contributed by atoms with Crippen molar-refractivity contribution in [1.29, 1.82) is 0 Å². The summed E-state index contributed by atoms with van der Waals surface area (Å²) in [6.07, 6.45) is 1.74. The van der Waals surface area contributed by atoms with Gasteiger partial charge in [-0.2, -0.15) is 0 Å². The van der Waals surface area contributed by atoms with Crippen LogP contribution in [0.3, 0.4) is 0 Å². The lowest BCUT2D eigenvalue weighted by Gasteiger charge is -2.15. The van der Waals surface area contributed by atoms with Gasteiger partial charge in [0.15, 0.2) is 0 Å².